The molecule has 4 heterocycles. The average Bonchev–Trinajstić information content (AvgIpc) is 2.91. The van der Waals surface area contributed by atoms with Crippen LogP contribution in [0.25, 0.3) is 10.9 Å². The van der Waals surface area contributed by atoms with Crippen LogP contribution in [-0.2, 0) is 24.4 Å². The largest absolute Gasteiger partial charge is 0.480 e. The molecule has 0 unspecified atom stereocenters. The average molecular weight is 512 g/mol. The quantitative estimate of drug-likeness (QED) is 0.380. The first-order chi connectivity index (χ1) is 18.4. The zero-order chi connectivity index (χ0) is 26.6. The van der Waals surface area contributed by atoms with Gasteiger partial charge in [-0.05, 0) is 68.7 Å². The molecular weight excluding hydrogens is 478 g/mol. The van der Waals surface area contributed by atoms with Gasteiger partial charge in [0.05, 0.1) is 17.4 Å². The minimum Gasteiger partial charge on any atom is -0.480 e. The van der Waals surface area contributed by atoms with E-state index in [0.29, 0.717) is 29.6 Å². The molecule has 0 amide bonds. The molecule has 0 spiro atoms. The molecule has 5 rings (SSSR count). The minimum atomic E-state index is -0.941. The highest BCUT2D eigenvalue weighted by Gasteiger charge is 2.27. The molecule has 1 aliphatic heterocycles. The Morgan fingerprint density at radius 3 is 2.68 bits per heavy atom. The molecular formula is C30H33N5O3. The zero-order valence-electron chi connectivity index (χ0n) is 21.9. The summed E-state index contributed by atoms with van der Waals surface area (Å²) in [7, 11) is 0. The number of aliphatic carboxylic acids is 1. The van der Waals surface area contributed by atoms with Crippen molar-refractivity contribution in [1.29, 1.82) is 0 Å². The van der Waals surface area contributed by atoms with Gasteiger partial charge in [0.25, 0.3) is 0 Å². The molecule has 1 aliphatic rings. The third-order valence-electron chi connectivity index (χ3n) is 7.26. The third-order valence-corrected chi connectivity index (χ3v) is 7.26. The van der Waals surface area contributed by atoms with Crippen LogP contribution >= 0.6 is 0 Å². The lowest BCUT2D eigenvalue weighted by Crippen LogP contribution is -2.48. The van der Waals surface area contributed by atoms with Crippen molar-refractivity contribution in [2.45, 2.75) is 52.4 Å². The first-order valence-corrected chi connectivity index (χ1v) is 13.0. The SMILES string of the molecule is Cc1ccc(N2CCC[C@H](N(Cc3ccnc(C)c3)Cc3cn(CC(=O)O)c4ccccc4c3=O)C2)cn1. The maximum Gasteiger partial charge on any atom is 0.323 e. The molecule has 1 atom stereocenters. The van der Waals surface area contributed by atoms with Crippen molar-refractivity contribution in [3.8, 4) is 0 Å². The highest BCUT2D eigenvalue weighted by molar-refractivity contribution is 5.81. The topological polar surface area (TPSA) is 91.6 Å². The van der Waals surface area contributed by atoms with Crippen LogP contribution in [0.1, 0.15) is 35.4 Å². The number of benzene rings is 1. The molecule has 196 valence electrons. The van der Waals surface area contributed by atoms with Crippen molar-refractivity contribution >= 4 is 22.6 Å². The Morgan fingerprint density at radius 1 is 1.08 bits per heavy atom. The van der Waals surface area contributed by atoms with Gasteiger partial charge in [0.1, 0.15) is 6.54 Å². The molecule has 1 saturated heterocycles. The van der Waals surface area contributed by atoms with Crippen LogP contribution in [-0.4, -0.2) is 49.6 Å². The van der Waals surface area contributed by atoms with E-state index in [2.05, 4.69) is 31.9 Å². The molecule has 0 bridgehead atoms. The molecule has 1 N–H and O–H groups in total. The Labute approximate surface area is 222 Å². The van der Waals surface area contributed by atoms with Gasteiger partial charge < -0.3 is 14.6 Å². The van der Waals surface area contributed by atoms with Crippen LogP contribution in [0.3, 0.4) is 0 Å². The monoisotopic (exact) mass is 511 g/mol. The van der Waals surface area contributed by atoms with E-state index in [1.807, 2.05) is 50.5 Å². The number of carboxylic acid groups (broad SMARTS) is 1. The number of aryl methyl sites for hydroxylation is 2. The van der Waals surface area contributed by atoms with E-state index >= 15 is 0 Å². The number of rotatable bonds is 8. The molecule has 8 nitrogen and oxygen atoms in total. The summed E-state index contributed by atoms with van der Waals surface area (Å²) in [6, 6.07) is 15.7. The fourth-order valence-corrected chi connectivity index (χ4v) is 5.40. The second kappa shape index (κ2) is 11.1. The normalized spacial score (nSPS) is 15.8. The molecule has 1 fully saturated rings. The van der Waals surface area contributed by atoms with Gasteiger partial charge in [-0.25, -0.2) is 0 Å². The maximum atomic E-state index is 13.6. The highest BCUT2D eigenvalue weighted by Crippen LogP contribution is 2.25. The van der Waals surface area contributed by atoms with Crippen molar-refractivity contribution < 1.29 is 9.90 Å². The van der Waals surface area contributed by atoms with Crippen LogP contribution in [0.2, 0.25) is 0 Å². The Bertz CT molecular complexity index is 1500. The number of fused-ring (bicyclic) bond motifs is 1. The van der Waals surface area contributed by atoms with Crippen LogP contribution in [0.15, 0.2) is 71.9 Å². The lowest BCUT2D eigenvalue weighted by atomic mass is 10.0. The van der Waals surface area contributed by atoms with E-state index in [9.17, 15) is 14.7 Å². The molecule has 0 aliphatic carbocycles. The van der Waals surface area contributed by atoms with E-state index in [-0.39, 0.29) is 18.0 Å². The van der Waals surface area contributed by atoms with Crippen molar-refractivity contribution in [2.24, 2.45) is 0 Å². The Morgan fingerprint density at radius 2 is 1.92 bits per heavy atom. The third kappa shape index (κ3) is 5.75. The van der Waals surface area contributed by atoms with Gasteiger partial charge in [0, 0.05) is 67.0 Å². The number of pyridine rings is 3. The molecule has 0 saturated carbocycles. The highest BCUT2D eigenvalue weighted by atomic mass is 16.4. The number of para-hydroxylation sites is 1. The maximum absolute atomic E-state index is 13.6. The summed E-state index contributed by atoms with van der Waals surface area (Å²) in [5.41, 5.74) is 5.38. The standard InChI is InChI=1S/C30H33N5O3/c1-21-9-10-25(15-32-21)33-13-5-6-26(19-33)34(16-23-11-12-31-22(2)14-23)17-24-18-35(20-29(36)37)28-8-4-3-7-27(28)30(24)38/h3-4,7-12,14-15,18,26H,5-6,13,16-17,19-20H2,1-2H3,(H,36,37)/t26-/m0/s1. The number of nitrogens with zero attached hydrogens (tertiary/aromatic N) is 5. The van der Waals surface area contributed by atoms with E-state index in [0.717, 1.165) is 48.6 Å². The van der Waals surface area contributed by atoms with E-state index in [4.69, 9.17) is 0 Å². The number of hydrogen-bond acceptors (Lipinski definition) is 6. The number of anilines is 1. The second-order valence-corrected chi connectivity index (χ2v) is 10.1. The van der Waals surface area contributed by atoms with Crippen molar-refractivity contribution in [2.75, 3.05) is 18.0 Å². The molecule has 4 aromatic rings. The fourth-order valence-electron chi connectivity index (χ4n) is 5.40. The predicted molar refractivity (Wildman–Crippen MR) is 148 cm³/mol. The first-order valence-electron chi connectivity index (χ1n) is 13.0. The summed E-state index contributed by atoms with van der Waals surface area (Å²) in [6.45, 7) is 6.65. The molecule has 1 aromatic carbocycles. The van der Waals surface area contributed by atoms with Crippen LogP contribution in [0.5, 0.6) is 0 Å². The molecule has 3 aromatic heterocycles. The van der Waals surface area contributed by atoms with Crippen LogP contribution in [0.4, 0.5) is 5.69 Å². The smallest absolute Gasteiger partial charge is 0.323 e. The van der Waals surface area contributed by atoms with E-state index in [1.165, 1.54) is 0 Å². The number of piperidine rings is 1. The summed E-state index contributed by atoms with van der Waals surface area (Å²) in [5.74, 6) is -0.941. The Balaban J connectivity index is 1.50. The van der Waals surface area contributed by atoms with Gasteiger partial charge in [-0.1, -0.05) is 12.1 Å². The lowest BCUT2D eigenvalue weighted by molar-refractivity contribution is -0.137. The van der Waals surface area contributed by atoms with Crippen molar-refractivity contribution in [1.82, 2.24) is 19.4 Å². The minimum absolute atomic E-state index is 0.0476. The van der Waals surface area contributed by atoms with Crippen LogP contribution < -0.4 is 10.3 Å². The fraction of sp³-hybridized carbons (Fsp3) is 0.333. The summed E-state index contributed by atoms with van der Waals surface area (Å²) >= 11 is 0. The van der Waals surface area contributed by atoms with Gasteiger partial charge in [0.15, 0.2) is 5.43 Å². The Kier molecular flexibility index (Phi) is 7.51. The summed E-state index contributed by atoms with van der Waals surface area (Å²) in [4.78, 5) is 38.8. The van der Waals surface area contributed by atoms with Gasteiger partial charge in [-0.15, -0.1) is 0 Å². The Hall–Kier alpha value is -4.04. The summed E-state index contributed by atoms with van der Waals surface area (Å²) in [5, 5.41) is 10.1. The first kappa shape index (κ1) is 25.6. The van der Waals surface area contributed by atoms with Gasteiger partial charge in [-0.3, -0.25) is 24.5 Å². The van der Waals surface area contributed by atoms with Gasteiger partial charge in [0.2, 0.25) is 0 Å². The molecule has 38 heavy (non-hydrogen) atoms. The summed E-state index contributed by atoms with van der Waals surface area (Å²) < 4.78 is 1.67. The molecule has 8 heteroatoms. The lowest BCUT2D eigenvalue weighted by Gasteiger charge is -2.40. The predicted octanol–water partition coefficient (Wildman–Crippen LogP) is 4.16. The number of aromatic nitrogens is 3. The van der Waals surface area contributed by atoms with E-state index in [1.54, 1.807) is 22.9 Å². The number of hydrogen-bond donors (Lipinski definition) is 1. The van der Waals surface area contributed by atoms with Crippen molar-refractivity contribution in [3.63, 3.8) is 0 Å². The summed E-state index contributed by atoms with van der Waals surface area (Å²) in [6.07, 6.45) is 7.53. The van der Waals surface area contributed by atoms with Gasteiger partial charge >= 0.3 is 5.97 Å². The van der Waals surface area contributed by atoms with E-state index < -0.39 is 5.97 Å². The van der Waals surface area contributed by atoms with Crippen LogP contribution in [0, 0.1) is 13.8 Å². The number of carboxylic acids is 1. The zero-order valence-corrected chi connectivity index (χ0v) is 21.9. The van der Waals surface area contributed by atoms with Gasteiger partial charge in [-0.2, -0.15) is 0 Å². The number of carbonyl (C=O) groups is 1. The second-order valence-electron chi connectivity index (χ2n) is 10.1. The molecule has 0 radical (unpaired) electrons. The van der Waals surface area contributed by atoms with Crippen molar-refractivity contribution in [3.05, 3.63) is 99.9 Å².